The van der Waals surface area contributed by atoms with Crippen molar-refractivity contribution in [1.82, 2.24) is 10.7 Å². The van der Waals surface area contributed by atoms with Crippen LogP contribution < -0.4 is 20.2 Å². The van der Waals surface area contributed by atoms with Crippen molar-refractivity contribution in [3.8, 4) is 32.4 Å². The summed E-state index contributed by atoms with van der Waals surface area (Å²) < 4.78 is 10.4. The van der Waals surface area contributed by atoms with Crippen molar-refractivity contribution < 1.29 is 19.1 Å². The van der Waals surface area contributed by atoms with Crippen molar-refractivity contribution in [2.75, 3.05) is 20.8 Å². The van der Waals surface area contributed by atoms with Crippen LogP contribution >= 0.6 is 11.3 Å². The van der Waals surface area contributed by atoms with E-state index in [0.717, 1.165) is 26.4 Å². The Balaban J connectivity index is 1.42. The molecule has 4 rings (SSSR count). The van der Waals surface area contributed by atoms with Gasteiger partial charge >= 0.3 is 0 Å². The summed E-state index contributed by atoms with van der Waals surface area (Å²) in [5.41, 5.74) is 5.90. The highest BCUT2D eigenvalue weighted by atomic mass is 32.1. The maximum absolute atomic E-state index is 12.4. The van der Waals surface area contributed by atoms with Crippen molar-refractivity contribution in [3.05, 3.63) is 96.1 Å². The molecule has 0 saturated heterocycles. The molecule has 2 amide bonds. The summed E-state index contributed by atoms with van der Waals surface area (Å²) in [6, 6.07) is 27.0. The van der Waals surface area contributed by atoms with Crippen LogP contribution in [0.1, 0.15) is 15.9 Å². The fourth-order valence-corrected chi connectivity index (χ4v) is 4.66. The maximum atomic E-state index is 12.4. The molecule has 0 aliphatic heterocycles. The van der Waals surface area contributed by atoms with Gasteiger partial charge in [0.25, 0.3) is 11.8 Å². The minimum absolute atomic E-state index is 0.227. The molecule has 0 aliphatic rings. The molecule has 1 aromatic heterocycles. The van der Waals surface area contributed by atoms with E-state index in [0.29, 0.717) is 17.1 Å². The Morgan fingerprint density at radius 2 is 1.53 bits per heavy atom. The van der Waals surface area contributed by atoms with Gasteiger partial charge in [-0.05, 0) is 35.4 Å². The summed E-state index contributed by atoms with van der Waals surface area (Å²) in [6.45, 7) is -0.227. The molecule has 182 valence electrons. The highest BCUT2D eigenvalue weighted by Gasteiger charge is 2.13. The number of hydrogen-bond donors (Lipinski definition) is 2. The molecule has 0 aliphatic carbocycles. The Bertz CT molecular complexity index is 1370. The molecule has 4 aromatic rings. The van der Waals surface area contributed by atoms with Crippen molar-refractivity contribution in [3.63, 3.8) is 0 Å². The highest BCUT2D eigenvalue weighted by Crippen LogP contribution is 2.37. The van der Waals surface area contributed by atoms with E-state index in [1.165, 1.54) is 14.2 Å². The van der Waals surface area contributed by atoms with Crippen LogP contribution in [-0.4, -0.2) is 38.8 Å². The first kappa shape index (κ1) is 24.7. The first-order chi connectivity index (χ1) is 17.6. The first-order valence-electron chi connectivity index (χ1n) is 11.2. The molecular weight excluding hydrogens is 474 g/mol. The molecular formula is C28H25N3O4S. The highest BCUT2D eigenvalue weighted by molar-refractivity contribution is 7.19. The van der Waals surface area contributed by atoms with Crippen LogP contribution in [-0.2, 0) is 4.79 Å². The minimum atomic E-state index is -0.445. The van der Waals surface area contributed by atoms with E-state index in [2.05, 4.69) is 34.0 Å². The number of benzene rings is 3. The van der Waals surface area contributed by atoms with Gasteiger partial charge in [0.05, 0.1) is 27.0 Å². The number of hydrogen-bond acceptors (Lipinski definition) is 6. The quantitative estimate of drug-likeness (QED) is 0.251. The molecule has 0 bridgehead atoms. The van der Waals surface area contributed by atoms with Gasteiger partial charge in [-0.15, -0.1) is 11.3 Å². The van der Waals surface area contributed by atoms with Crippen molar-refractivity contribution in [1.29, 1.82) is 0 Å². The van der Waals surface area contributed by atoms with Crippen molar-refractivity contribution in [2.24, 2.45) is 5.10 Å². The molecule has 0 radical (unpaired) electrons. The van der Waals surface area contributed by atoms with Gasteiger partial charge in [-0.3, -0.25) is 9.59 Å². The Morgan fingerprint density at radius 1 is 0.861 bits per heavy atom. The number of nitrogens with zero attached hydrogens (tertiary/aromatic N) is 1. The van der Waals surface area contributed by atoms with Crippen molar-refractivity contribution in [2.45, 2.75) is 0 Å². The third-order valence-electron chi connectivity index (χ3n) is 5.30. The van der Waals surface area contributed by atoms with Gasteiger partial charge in [-0.1, -0.05) is 60.7 Å². The van der Waals surface area contributed by atoms with E-state index >= 15 is 0 Å². The lowest BCUT2D eigenvalue weighted by Crippen LogP contribution is -2.34. The number of amides is 2. The molecule has 0 fully saturated rings. The fraction of sp³-hybridized carbons (Fsp3) is 0.107. The average molecular weight is 500 g/mol. The topological polar surface area (TPSA) is 89.0 Å². The van der Waals surface area contributed by atoms with Gasteiger partial charge in [0, 0.05) is 20.9 Å². The monoisotopic (exact) mass is 499 g/mol. The van der Waals surface area contributed by atoms with E-state index < -0.39 is 11.8 Å². The SMILES string of the molecule is COc1ccc(C(=O)NCC(=O)N/N=C/c2cc(-c3ccccc3)sc2-c2ccccc2)cc1OC. The number of rotatable bonds is 9. The molecule has 2 N–H and O–H groups in total. The van der Waals surface area contributed by atoms with Gasteiger partial charge in [-0.2, -0.15) is 5.10 Å². The van der Waals surface area contributed by atoms with E-state index in [1.807, 2.05) is 48.5 Å². The number of methoxy groups -OCH3 is 2. The zero-order valence-electron chi connectivity index (χ0n) is 19.9. The molecule has 0 spiro atoms. The average Bonchev–Trinajstić information content (AvgIpc) is 3.36. The zero-order chi connectivity index (χ0) is 25.3. The van der Waals surface area contributed by atoms with Crippen LogP contribution in [0.4, 0.5) is 0 Å². The third-order valence-corrected chi connectivity index (χ3v) is 6.55. The van der Waals surface area contributed by atoms with E-state index in [-0.39, 0.29) is 6.54 Å². The number of ether oxygens (including phenoxy) is 2. The van der Waals surface area contributed by atoms with Crippen LogP contribution in [0.25, 0.3) is 20.9 Å². The smallest absolute Gasteiger partial charge is 0.259 e. The van der Waals surface area contributed by atoms with Gasteiger partial charge in [-0.25, -0.2) is 5.43 Å². The van der Waals surface area contributed by atoms with Gasteiger partial charge in [0.15, 0.2) is 11.5 Å². The molecule has 1 heterocycles. The van der Waals surface area contributed by atoms with Crippen molar-refractivity contribution >= 4 is 29.4 Å². The molecule has 0 atom stereocenters. The number of thiophene rings is 1. The second-order valence-corrected chi connectivity index (χ2v) is 8.72. The Labute approximate surface area is 213 Å². The molecule has 0 saturated carbocycles. The first-order valence-corrected chi connectivity index (χ1v) is 12.0. The fourth-order valence-electron chi connectivity index (χ4n) is 3.51. The molecule has 8 heteroatoms. The third kappa shape index (κ3) is 5.97. The summed E-state index contributed by atoms with van der Waals surface area (Å²) in [6.07, 6.45) is 1.62. The molecule has 3 aromatic carbocycles. The van der Waals surface area contributed by atoms with Gasteiger partial charge < -0.3 is 14.8 Å². The van der Waals surface area contributed by atoms with Crippen LogP contribution in [0, 0.1) is 0 Å². The summed E-state index contributed by atoms with van der Waals surface area (Å²) >= 11 is 1.66. The standard InChI is InChI=1S/C28H25N3O4S/c1-34-23-14-13-21(15-24(23)35-2)28(33)29-18-26(32)31-30-17-22-16-25(19-9-5-3-6-10-19)36-27(22)20-11-7-4-8-12-20/h3-17H,18H2,1-2H3,(H,29,33)(H,31,32)/b30-17+. The van der Waals surface area contributed by atoms with E-state index in [9.17, 15) is 9.59 Å². The zero-order valence-corrected chi connectivity index (χ0v) is 20.7. The molecule has 36 heavy (non-hydrogen) atoms. The number of carbonyl (C=O) groups is 2. The lowest BCUT2D eigenvalue weighted by molar-refractivity contribution is -0.120. The lowest BCUT2D eigenvalue weighted by Gasteiger charge is -2.09. The largest absolute Gasteiger partial charge is 0.493 e. The summed E-state index contributed by atoms with van der Waals surface area (Å²) in [7, 11) is 3.01. The molecule has 7 nitrogen and oxygen atoms in total. The predicted molar refractivity (Wildman–Crippen MR) is 143 cm³/mol. The van der Waals surface area contributed by atoms with Crippen LogP contribution in [0.3, 0.4) is 0 Å². The number of carbonyl (C=O) groups excluding carboxylic acids is 2. The molecule has 0 unspecified atom stereocenters. The summed E-state index contributed by atoms with van der Waals surface area (Å²) in [5.74, 6) is 0.0885. The van der Waals surface area contributed by atoms with E-state index in [4.69, 9.17) is 9.47 Å². The van der Waals surface area contributed by atoms with Crippen LogP contribution in [0.15, 0.2) is 90.0 Å². The summed E-state index contributed by atoms with van der Waals surface area (Å²) in [4.78, 5) is 26.9. The maximum Gasteiger partial charge on any atom is 0.259 e. The van der Waals surface area contributed by atoms with Crippen LogP contribution in [0.2, 0.25) is 0 Å². The lowest BCUT2D eigenvalue weighted by atomic mass is 10.1. The summed E-state index contributed by atoms with van der Waals surface area (Å²) in [5, 5.41) is 6.71. The Morgan fingerprint density at radius 3 is 2.19 bits per heavy atom. The van der Waals surface area contributed by atoms with E-state index in [1.54, 1.807) is 35.8 Å². The van der Waals surface area contributed by atoms with Crippen LogP contribution in [0.5, 0.6) is 11.5 Å². The predicted octanol–water partition coefficient (Wildman–Crippen LogP) is 4.98. The second kappa shape index (κ2) is 11.8. The number of hydrazone groups is 1. The normalized spacial score (nSPS) is 10.7. The minimum Gasteiger partial charge on any atom is -0.493 e. The van der Waals surface area contributed by atoms with Gasteiger partial charge in [0.1, 0.15) is 0 Å². The number of nitrogens with one attached hydrogen (secondary N) is 2. The second-order valence-electron chi connectivity index (χ2n) is 7.67. The van der Waals surface area contributed by atoms with Gasteiger partial charge in [0.2, 0.25) is 0 Å². The Hall–Kier alpha value is -4.43. The Kier molecular flexibility index (Phi) is 8.10.